The van der Waals surface area contributed by atoms with Gasteiger partial charge in [-0.1, -0.05) is 12.1 Å². The molecule has 6 heteroatoms. The number of methoxy groups -OCH3 is 3. The van der Waals surface area contributed by atoms with E-state index >= 15 is 0 Å². The van der Waals surface area contributed by atoms with E-state index in [4.69, 9.17) is 24.1 Å². The maximum Gasteiger partial charge on any atom is 0.165 e. The Bertz CT molecular complexity index is 788. The minimum atomic E-state index is -0.355. The molecule has 1 heterocycles. The molecule has 2 aromatic rings. The fourth-order valence-electron chi connectivity index (χ4n) is 3.56. The zero-order valence-electron chi connectivity index (χ0n) is 15.9. The van der Waals surface area contributed by atoms with Gasteiger partial charge in [0.2, 0.25) is 0 Å². The third kappa shape index (κ3) is 3.68. The number of aliphatic hydroxyl groups is 2. The molecule has 0 amide bonds. The van der Waals surface area contributed by atoms with Crippen LogP contribution >= 0.6 is 0 Å². The van der Waals surface area contributed by atoms with Crippen LogP contribution in [0.25, 0.3) is 0 Å². The van der Waals surface area contributed by atoms with Crippen LogP contribution < -0.4 is 18.9 Å². The summed E-state index contributed by atoms with van der Waals surface area (Å²) in [5, 5.41) is 19.2. The van der Waals surface area contributed by atoms with Gasteiger partial charge in [0.25, 0.3) is 0 Å². The highest BCUT2D eigenvalue weighted by molar-refractivity contribution is 5.56. The number of ether oxygens (including phenoxy) is 4. The van der Waals surface area contributed by atoms with E-state index in [1.165, 1.54) is 0 Å². The van der Waals surface area contributed by atoms with E-state index in [-0.39, 0.29) is 25.2 Å². The van der Waals surface area contributed by atoms with E-state index in [1.54, 1.807) is 21.3 Å². The van der Waals surface area contributed by atoms with Crippen LogP contribution in [0.15, 0.2) is 30.3 Å². The molecule has 3 rings (SSSR count). The van der Waals surface area contributed by atoms with Gasteiger partial charge in [0.15, 0.2) is 23.0 Å². The van der Waals surface area contributed by atoms with Crippen molar-refractivity contribution >= 4 is 0 Å². The van der Waals surface area contributed by atoms with Gasteiger partial charge in [-0.15, -0.1) is 0 Å². The van der Waals surface area contributed by atoms with E-state index < -0.39 is 0 Å². The molecule has 6 nitrogen and oxygen atoms in total. The van der Waals surface area contributed by atoms with Gasteiger partial charge in [-0.3, -0.25) is 0 Å². The number of hydrogen-bond acceptors (Lipinski definition) is 6. The molecule has 0 saturated carbocycles. The molecule has 0 unspecified atom stereocenters. The largest absolute Gasteiger partial charge is 0.493 e. The second-order valence-corrected chi connectivity index (χ2v) is 6.49. The summed E-state index contributed by atoms with van der Waals surface area (Å²) in [4.78, 5) is 0. The van der Waals surface area contributed by atoms with E-state index in [9.17, 15) is 5.11 Å². The van der Waals surface area contributed by atoms with Gasteiger partial charge in [0.05, 0.1) is 33.9 Å². The summed E-state index contributed by atoms with van der Waals surface area (Å²) < 4.78 is 22.4. The van der Waals surface area contributed by atoms with Crippen LogP contribution in [0.1, 0.15) is 35.1 Å². The molecular weight excluding hydrogens is 348 g/mol. The molecule has 1 aliphatic heterocycles. The summed E-state index contributed by atoms with van der Waals surface area (Å²) in [6, 6.07) is 9.59. The van der Waals surface area contributed by atoms with Crippen LogP contribution in [-0.2, 0) is 6.42 Å². The maximum atomic E-state index is 10.1. The van der Waals surface area contributed by atoms with E-state index in [0.717, 1.165) is 23.1 Å². The summed E-state index contributed by atoms with van der Waals surface area (Å²) in [6.07, 6.45) is 1.05. The molecular formula is C21H26O6. The van der Waals surface area contributed by atoms with Gasteiger partial charge in [0, 0.05) is 12.2 Å². The number of fused-ring (bicyclic) bond motifs is 1. The van der Waals surface area contributed by atoms with Crippen molar-refractivity contribution in [3.63, 3.8) is 0 Å². The Labute approximate surface area is 159 Å². The second kappa shape index (κ2) is 8.50. The topological polar surface area (TPSA) is 77.4 Å². The first-order chi connectivity index (χ1) is 13.2. The number of hydrogen-bond donors (Lipinski definition) is 2. The number of rotatable bonds is 8. The predicted molar refractivity (Wildman–Crippen MR) is 101 cm³/mol. The van der Waals surface area contributed by atoms with Crippen LogP contribution in [0.2, 0.25) is 0 Å². The van der Waals surface area contributed by atoms with Gasteiger partial charge in [-0.25, -0.2) is 0 Å². The van der Waals surface area contributed by atoms with Gasteiger partial charge < -0.3 is 29.2 Å². The summed E-state index contributed by atoms with van der Waals surface area (Å²) in [5.41, 5.74) is 2.86. The summed E-state index contributed by atoms with van der Waals surface area (Å²) in [6.45, 7) is 0.0756. The first kappa shape index (κ1) is 19.3. The Kier molecular flexibility index (Phi) is 6.08. The average Bonchev–Trinajstić information content (AvgIpc) is 3.09. The minimum Gasteiger partial charge on any atom is -0.493 e. The zero-order valence-corrected chi connectivity index (χ0v) is 15.9. The third-order valence-corrected chi connectivity index (χ3v) is 4.93. The highest BCUT2D eigenvalue weighted by Crippen LogP contribution is 2.51. The van der Waals surface area contributed by atoms with Crippen molar-refractivity contribution in [2.45, 2.75) is 24.9 Å². The molecule has 2 aromatic carbocycles. The van der Waals surface area contributed by atoms with Crippen LogP contribution in [0.4, 0.5) is 0 Å². The smallest absolute Gasteiger partial charge is 0.165 e. The normalized spacial score (nSPS) is 18.0. The van der Waals surface area contributed by atoms with E-state index in [2.05, 4.69) is 0 Å². The lowest BCUT2D eigenvalue weighted by molar-refractivity contribution is 0.156. The highest BCUT2D eigenvalue weighted by Gasteiger charge is 2.38. The SMILES string of the molecule is COc1ccc([C@H]2Oc3c(OC)cc(CCCO)cc3[C@@H]2CO)cc1OC. The van der Waals surface area contributed by atoms with Gasteiger partial charge in [-0.2, -0.15) is 0 Å². The Morgan fingerprint density at radius 2 is 1.67 bits per heavy atom. The Hall–Kier alpha value is -2.44. The lowest BCUT2D eigenvalue weighted by Gasteiger charge is -2.19. The second-order valence-electron chi connectivity index (χ2n) is 6.49. The van der Waals surface area contributed by atoms with Crippen molar-refractivity contribution in [3.05, 3.63) is 47.0 Å². The summed E-state index contributed by atoms with van der Waals surface area (Å²) in [5.74, 6) is 2.33. The maximum absolute atomic E-state index is 10.1. The monoisotopic (exact) mass is 374 g/mol. The van der Waals surface area contributed by atoms with Crippen LogP contribution in [-0.4, -0.2) is 44.8 Å². The number of aliphatic hydroxyl groups excluding tert-OH is 2. The quantitative estimate of drug-likeness (QED) is 0.740. The molecule has 146 valence electrons. The minimum absolute atomic E-state index is 0.0569. The molecule has 27 heavy (non-hydrogen) atoms. The van der Waals surface area contributed by atoms with Gasteiger partial charge in [-0.05, 0) is 42.2 Å². The third-order valence-electron chi connectivity index (χ3n) is 4.93. The lowest BCUT2D eigenvalue weighted by atomic mass is 9.90. The van der Waals surface area contributed by atoms with E-state index in [1.807, 2.05) is 30.3 Å². The van der Waals surface area contributed by atoms with Crippen LogP contribution in [0, 0.1) is 0 Å². The van der Waals surface area contributed by atoms with Crippen molar-refractivity contribution in [1.82, 2.24) is 0 Å². The van der Waals surface area contributed by atoms with Crippen LogP contribution in [0.5, 0.6) is 23.0 Å². The van der Waals surface area contributed by atoms with Gasteiger partial charge >= 0.3 is 0 Å². The first-order valence-corrected chi connectivity index (χ1v) is 8.97. The van der Waals surface area contributed by atoms with Gasteiger partial charge in [0.1, 0.15) is 6.10 Å². The fourth-order valence-corrected chi connectivity index (χ4v) is 3.56. The zero-order chi connectivity index (χ0) is 19.4. The van der Waals surface area contributed by atoms with Crippen molar-refractivity contribution in [1.29, 1.82) is 0 Å². The van der Waals surface area contributed by atoms with Crippen molar-refractivity contribution < 1.29 is 29.2 Å². The van der Waals surface area contributed by atoms with Crippen LogP contribution in [0.3, 0.4) is 0 Å². The molecule has 0 fully saturated rings. The summed E-state index contributed by atoms with van der Waals surface area (Å²) >= 11 is 0. The number of aryl methyl sites for hydroxylation is 1. The first-order valence-electron chi connectivity index (χ1n) is 8.97. The molecule has 2 atom stereocenters. The number of benzene rings is 2. The molecule has 0 aromatic heterocycles. The fraction of sp³-hybridized carbons (Fsp3) is 0.429. The average molecular weight is 374 g/mol. The standard InChI is InChI=1S/C21H26O6/c1-24-17-7-6-14(11-18(17)25-2)20-16(12-23)15-9-13(5-4-8-22)10-19(26-3)21(15)27-20/h6-7,9-11,16,20,22-23H,4-5,8,12H2,1-3H3/t16-,20+/m0/s1. The molecule has 0 bridgehead atoms. The Balaban J connectivity index is 2.00. The molecule has 0 saturated heterocycles. The Morgan fingerprint density at radius 1 is 0.926 bits per heavy atom. The van der Waals surface area contributed by atoms with Crippen molar-refractivity contribution in [2.24, 2.45) is 0 Å². The lowest BCUT2D eigenvalue weighted by Crippen LogP contribution is -2.13. The highest BCUT2D eigenvalue weighted by atomic mass is 16.5. The molecule has 0 aliphatic carbocycles. The predicted octanol–water partition coefficient (Wildman–Crippen LogP) is 2.85. The van der Waals surface area contributed by atoms with Crippen molar-refractivity contribution in [2.75, 3.05) is 34.5 Å². The summed E-state index contributed by atoms with van der Waals surface area (Å²) in [7, 11) is 4.78. The Morgan fingerprint density at radius 3 is 2.30 bits per heavy atom. The van der Waals surface area contributed by atoms with E-state index in [0.29, 0.717) is 29.4 Å². The molecule has 2 N–H and O–H groups in total. The molecule has 0 radical (unpaired) electrons. The molecule has 0 spiro atoms. The van der Waals surface area contributed by atoms with Crippen molar-refractivity contribution in [3.8, 4) is 23.0 Å². The molecule has 1 aliphatic rings.